The molecule has 2 aromatic carbocycles. The van der Waals surface area contributed by atoms with Crippen LogP contribution in [-0.2, 0) is 0 Å². The quantitative estimate of drug-likeness (QED) is 0.751. The number of fused-ring (bicyclic) bond motifs is 5. The van der Waals surface area contributed by atoms with Crippen LogP contribution in [0.2, 0.25) is 0 Å². The van der Waals surface area contributed by atoms with E-state index < -0.39 is 0 Å². The van der Waals surface area contributed by atoms with Crippen molar-refractivity contribution in [1.82, 2.24) is 0 Å². The molecule has 0 aromatic heterocycles. The SMILES string of the molecule is BrC1=CC2c3c(ccc4ccccc34)NC2C=C1. The zero-order valence-electron chi connectivity index (χ0n) is 9.73. The molecule has 18 heavy (non-hydrogen) atoms. The lowest BCUT2D eigenvalue weighted by Crippen LogP contribution is -2.18. The van der Waals surface area contributed by atoms with Crippen molar-refractivity contribution in [2.75, 3.05) is 5.32 Å². The van der Waals surface area contributed by atoms with Gasteiger partial charge in [-0.25, -0.2) is 0 Å². The van der Waals surface area contributed by atoms with Gasteiger partial charge in [-0.15, -0.1) is 0 Å². The van der Waals surface area contributed by atoms with Crippen molar-refractivity contribution in [2.24, 2.45) is 0 Å². The Morgan fingerprint density at radius 2 is 1.94 bits per heavy atom. The Kier molecular flexibility index (Phi) is 2.15. The van der Waals surface area contributed by atoms with E-state index in [0.717, 1.165) is 0 Å². The van der Waals surface area contributed by atoms with Gasteiger partial charge in [-0.1, -0.05) is 64.5 Å². The molecule has 1 N–H and O–H groups in total. The molecular weight excluding hydrogens is 286 g/mol. The standard InChI is InChI=1S/C16H12BrN/c17-11-6-8-14-13(9-11)16-12-4-2-1-3-10(12)5-7-15(16)18-14/h1-9,13-14,18H. The second-order valence-electron chi connectivity index (χ2n) is 4.85. The van der Waals surface area contributed by atoms with Crippen LogP contribution in [0.25, 0.3) is 10.8 Å². The third kappa shape index (κ3) is 1.39. The Bertz CT molecular complexity index is 699. The molecule has 1 nitrogen and oxygen atoms in total. The van der Waals surface area contributed by atoms with Gasteiger partial charge >= 0.3 is 0 Å². The van der Waals surface area contributed by atoms with Crippen molar-refractivity contribution in [3.8, 4) is 0 Å². The van der Waals surface area contributed by atoms with Crippen molar-refractivity contribution in [3.63, 3.8) is 0 Å². The number of nitrogens with one attached hydrogen (secondary N) is 1. The molecule has 2 unspecified atom stereocenters. The Morgan fingerprint density at radius 1 is 1.06 bits per heavy atom. The van der Waals surface area contributed by atoms with Crippen molar-refractivity contribution in [2.45, 2.75) is 12.0 Å². The number of allylic oxidation sites excluding steroid dienone is 2. The summed E-state index contributed by atoms with van der Waals surface area (Å²) in [6, 6.07) is 13.4. The molecule has 0 bridgehead atoms. The van der Waals surface area contributed by atoms with Crippen LogP contribution in [0.5, 0.6) is 0 Å². The highest BCUT2D eigenvalue weighted by Gasteiger charge is 2.31. The van der Waals surface area contributed by atoms with Gasteiger partial charge < -0.3 is 5.32 Å². The molecule has 88 valence electrons. The topological polar surface area (TPSA) is 12.0 Å². The zero-order chi connectivity index (χ0) is 12.1. The van der Waals surface area contributed by atoms with Crippen LogP contribution in [0.4, 0.5) is 5.69 Å². The number of hydrogen-bond acceptors (Lipinski definition) is 1. The molecule has 2 heteroatoms. The fourth-order valence-corrected chi connectivity index (χ4v) is 3.44. The maximum Gasteiger partial charge on any atom is 0.0552 e. The van der Waals surface area contributed by atoms with Gasteiger partial charge in [0, 0.05) is 16.1 Å². The van der Waals surface area contributed by atoms with Crippen molar-refractivity contribution < 1.29 is 0 Å². The van der Waals surface area contributed by atoms with E-state index in [1.807, 2.05) is 0 Å². The van der Waals surface area contributed by atoms with Crippen LogP contribution in [0, 0.1) is 0 Å². The van der Waals surface area contributed by atoms with Gasteiger partial charge in [0.1, 0.15) is 0 Å². The lowest BCUT2D eigenvalue weighted by atomic mass is 9.88. The maximum absolute atomic E-state index is 3.60. The van der Waals surface area contributed by atoms with E-state index in [1.54, 1.807) is 0 Å². The average Bonchev–Trinajstić information content (AvgIpc) is 2.77. The molecule has 0 amide bonds. The van der Waals surface area contributed by atoms with E-state index in [-0.39, 0.29) is 0 Å². The Balaban J connectivity index is 2.01. The predicted octanol–water partition coefficient (Wildman–Crippen LogP) is 4.57. The van der Waals surface area contributed by atoms with Gasteiger partial charge in [0.05, 0.1) is 6.04 Å². The lowest BCUT2D eigenvalue weighted by molar-refractivity contribution is 0.808. The van der Waals surface area contributed by atoms with E-state index >= 15 is 0 Å². The van der Waals surface area contributed by atoms with Crippen LogP contribution >= 0.6 is 15.9 Å². The normalized spacial score (nSPS) is 24.4. The smallest absolute Gasteiger partial charge is 0.0552 e. The minimum atomic E-state index is 0.395. The first-order valence-corrected chi connectivity index (χ1v) is 6.96. The molecule has 1 heterocycles. The van der Waals surface area contributed by atoms with Gasteiger partial charge in [-0.05, 0) is 22.4 Å². The molecule has 2 aromatic rings. The summed E-state index contributed by atoms with van der Waals surface area (Å²) >= 11 is 3.59. The van der Waals surface area contributed by atoms with Gasteiger partial charge in [0.2, 0.25) is 0 Å². The van der Waals surface area contributed by atoms with Crippen molar-refractivity contribution >= 4 is 32.4 Å². The highest BCUT2D eigenvalue weighted by Crippen LogP contribution is 2.44. The summed E-state index contributed by atoms with van der Waals surface area (Å²) in [6.45, 7) is 0. The van der Waals surface area contributed by atoms with E-state index in [0.29, 0.717) is 12.0 Å². The van der Waals surface area contributed by atoms with E-state index in [2.05, 4.69) is 75.9 Å². The monoisotopic (exact) mass is 297 g/mol. The molecule has 0 saturated heterocycles. The van der Waals surface area contributed by atoms with Crippen LogP contribution in [-0.4, -0.2) is 6.04 Å². The number of halogens is 1. The van der Waals surface area contributed by atoms with Gasteiger partial charge in [0.15, 0.2) is 0 Å². The number of rotatable bonds is 0. The van der Waals surface area contributed by atoms with E-state index in [1.165, 1.54) is 26.5 Å². The molecule has 1 aliphatic heterocycles. The molecule has 0 saturated carbocycles. The summed E-state index contributed by atoms with van der Waals surface area (Å²) in [4.78, 5) is 0. The Hall–Kier alpha value is -1.54. The lowest BCUT2D eigenvalue weighted by Gasteiger charge is -2.18. The molecule has 2 atom stereocenters. The van der Waals surface area contributed by atoms with Crippen LogP contribution in [0.3, 0.4) is 0 Å². The van der Waals surface area contributed by atoms with Crippen LogP contribution in [0.15, 0.2) is 59.1 Å². The molecule has 0 radical (unpaired) electrons. The van der Waals surface area contributed by atoms with Gasteiger partial charge in [-0.3, -0.25) is 0 Å². The van der Waals surface area contributed by atoms with Crippen LogP contribution in [0.1, 0.15) is 11.5 Å². The van der Waals surface area contributed by atoms with Gasteiger partial charge in [0.25, 0.3) is 0 Å². The van der Waals surface area contributed by atoms with Crippen molar-refractivity contribution in [1.29, 1.82) is 0 Å². The zero-order valence-corrected chi connectivity index (χ0v) is 11.3. The summed E-state index contributed by atoms with van der Waals surface area (Å²) in [5, 5.41) is 6.28. The second-order valence-corrected chi connectivity index (χ2v) is 5.77. The van der Waals surface area contributed by atoms with Crippen LogP contribution < -0.4 is 5.32 Å². The Morgan fingerprint density at radius 3 is 2.89 bits per heavy atom. The number of benzene rings is 2. The third-order valence-corrected chi connectivity index (χ3v) is 4.34. The predicted molar refractivity (Wildman–Crippen MR) is 80.2 cm³/mol. The molecule has 2 aliphatic rings. The average molecular weight is 298 g/mol. The second kappa shape index (κ2) is 3.72. The summed E-state index contributed by atoms with van der Waals surface area (Å²) in [6.07, 6.45) is 6.67. The highest BCUT2D eigenvalue weighted by molar-refractivity contribution is 9.11. The molecule has 0 fully saturated rings. The summed E-state index contributed by atoms with van der Waals surface area (Å²) in [7, 11) is 0. The van der Waals surface area contributed by atoms with Crippen molar-refractivity contribution in [3.05, 3.63) is 64.7 Å². The maximum atomic E-state index is 3.60. The molecular formula is C16H12BrN. The number of hydrogen-bond donors (Lipinski definition) is 1. The minimum absolute atomic E-state index is 0.395. The summed E-state index contributed by atoms with van der Waals surface area (Å²) < 4.78 is 1.17. The molecule has 4 rings (SSSR count). The fourth-order valence-electron chi connectivity index (χ4n) is 3.01. The molecule has 1 aliphatic carbocycles. The largest absolute Gasteiger partial charge is 0.378 e. The fraction of sp³-hybridized carbons (Fsp3) is 0.125. The molecule has 0 spiro atoms. The first-order chi connectivity index (χ1) is 8.83. The van der Waals surface area contributed by atoms with E-state index in [9.17, 15) is 0 Å². The number of anilines is 1. The summed E-state index contributed by atoms with van der Waals surface area (Å²) in [5.74, 6) is 0.436. The first kappa shape index (κ1) is 10.4. The Labute approximate surface area is 114 Å². The highest BCUT2D eigenvalue weighted by atomic mass is 79.9. The van der Waals surface area contributed by atoms with Gasteiger partial charge in [-0.2, -0.15) is 0 Å². The summed E-state index contributed by atoms with van der Waals surface area (Å²) in [5.41, 5.74) is 2.70. The van der Waals surface area contributed by atoms with E-state index in [4.69, 9.17) is 0 Å². The minimum Gasteiger partial charge on any atom is -0.378 e. The third-order valence-electron chi connectivity index (χ3n) is 3.81. The first-order valence-electron chi connectivity index (χ1n) is 6.17.